The summed E-state index contributed by atoms with van der Waals surface area (Å²) in [5, 5.41) is 2.36. The zero-order chi connectivity index (χ0) is 18.6. The molecule has 1 heterocycles. The Morgan fingerprint density at radius 3 is 2.48 bits per heavy atom. The van der Waals surface area contributed by atoms with Gasteiger partial charge < -0.3 is 15.1 Å². The molecule has 2 atom stereocenters. The Hall–Kier alpha value is -2.02. The van der Waals surface area contributed by atoms with E-state index in [4.69, 9.17) is 0 Å². The number of likely N-dealkylation sites (N-methyl/N-ethyl adjacent to an activating group) is 1. The molecule has 0 saturated carbocycles. The van der Waals surface area contributed by atoms with E-state index < -0.39 is 10.7 Å². The second-order valence-corrected chi connectivity index (χ2v) is 7.89. The number of hydrogen-bond donors (Lipinski definition) is 1. The summed E-state index contributed by atoms with van der Waals surface area (Å²) < 4.78 is 0. The highest BCUT2D eigenvalue weighted by Crippen LogP contribution is 2.35. The maximum Gasteiger partial charge on any atom is 0.239 e. The molecule has 0 spiro atoms. The van der Waals surface area contributed by atoms with Crippen molar-refractivity contribution in [2.75, 3.05) is 20.6 Å². The minimum atomic E-state index is -0.551. The Bertz CT molecular complexity index is 634. The largest absolute Gasteiger partial charge is 0.348 e. The van der Waals surface area contributed by atoms with E-state index in [1.807, 2.05) is 44.2 Å². The highest BCUT2D eigenvalue weighted by molar-refractivity contribution is 8.00. The standard InChI is InChI=1S/C18H25N3O3S/c1-12(2)11-21-15(23)10-14(22)19-18(21)25-16(17(24)20(3)4)13-8-6-5-7-9-13/h5-9,12,16,18H,10-11H2,1-4H3,(H,19,22)/t16-,18-/m1/s1. The topological polar surface area (TPSA) is 69.7 Å². The van der Waals surface area contributed by atoms with Crippen molar-refractivity contribution < 1.29 is 14.4 Å². The molecule has 2 rings (SSSR count). The molecule has 1 aromatic rings. The van der Waals surface area contributed by atoms with Gasteiger partial charge in [-0.2, -0.15) is 0 Å². The molecular formula is C18H25N3O3S. The lowest BCUT2D eigenvalue weighted by Gasteiger charge is -2.38. The lowest BCUT2D eigenvalue weighted by atomic mass is 10.1. The van der Waals surface area contributed by atoms with E-state index in [0.717, 1.165) is 5.56 Å². The average Bonchev–Trinajstić information content (AvgIpc) is 2.55. The molecule has 1 fully saturated rings. The van der Waals surface area contributed by atoms with Gasteiger partial charge in [-0.15, -0.1) is 0 Å². The normalized spacial score (nSPS) is 18.9. The minimum absolute atomic E-state index is 0.0760. The van der Waals surface area contributed by atoms with Crippen LogP contribution in [0.1, 0.15) is 31.1 Å². The van der Waals surface area contributed by atoms with Gasteiger partial charge in [0.05, 0.1) is 0 Å². The van der Waals surface area contributed by atoms with Crippen LogP contribution in [-0.4, -0.2) is 53.7 Å². The Labute approximate surface area is 152 Å². The van der Waals surface area contributed by atoms with E-state index in [-0.39, 0.29) is 30.1 Å². The van der Waals surface area contributed by atoms with Crippen molar-refractivity contribution in [1.29, 1.82) is 0 Å². The summed E-state index contributed by atoms with van der Waals surface area (Å²) in [6.45, 7) is 4.57. The second kappa shape index (κ2) is 8.38. The number of nitrogens with zero attached hydrogens (tertiary/aromatic N) is 2. The molecule has 1 N–H and O–H groups in total. The van der Waals surface area contributed by atoms with Crippen LogP contribution in [0.2, 0.25) is 0 Å². The highest BCUT2D eigenvalue weighted by Gasteiger charge is 2.36. The smallest absolute Gasteiger partial charge is 0.239 e. The fourth-order valence-corrected chi connectivity index (χ4v) is 4.05. The summed E-state index contributed by atoms with van der Waals surface area (Å²) in [5.41, 5.74) is 0.299. The molecule has 1 saturated heterocycles. The van der Waals surface area contributed by atoms with Crippen LogP contribution in [0.15, 0.2) is 30.3 Å². The maximum absolute atomic E-state index is 12.7. The van der Waals surface area contributed by atoms with Gasteiger partial charge in [-0.25, -0.2) is 0 Å². The molecule has 0 bridgehead atoms. The first-order valence-electron chi connectivity index (χ1n) is 8.30. The van der Waals surface area contributed by atoms with Gasteiger partial charge in [0.15, 0.2) is 5.50 Å². The van der Waals surface area contributed by atoms with Gasteiger partial charge in [-0.1, -0.05) is 55.9 Å². The monoisotopic (exact) mass is 363 g/mol. The van der Waals surface area contributed by atoms with E-state index in [1.54, 1.807) is 19.0 Å². The summed E-state index contributed by atoms with van der Waals surface area (Å²) in [7, 11) is 3.41. The first-order valence-corrected chi connectivity index (χ1v) is 9.24. The maximum atomic E-state index is 12.7. The Kier molecular flexibility index (Phi) is 6.47. The quantitative estimate of drug-likeness (QED) is 0.783. The predicted molar refractivity (Wildman–Crippen MR) is 98.6 cm³/mol. The third-order valence-electron chi connectivity index (χ3n) is 3.79. The van der Waals surface area contributed by atoms with Crippen molar-refractivity contribution in [3.8, 4) is 0 Å². The van der Waals surface area contributed by atoms with Crippen LogP contribution in [0.5, 0.6) is 0 Å². The van der Waals surface area contributed by atoms with Crippen LogP contribution in [0.3, 0.4) is 0 Å². The molecule has 25 heavy (non-hydrogen) atoms. The van der Waals surface area contributed by atoms with Gasteiger partial charge in [-0.3, -0.25) is 14.4 Å². The van der Waals surface area contributed by atoms with Crippen molar-refractivity contribution in [2.45, 2.75) is 31.0 Å². The average molecular weight is 363 g/mol. The first-order chi connectivity index (χ1) is 11.8. The SMILES string of the molecule is CC(C)CN1C(=O)CC(=O)N[C@H]1S[C@@H](C(=O)N(C)C)c1ccccc1. The molecule has 1 aromatic carbocycles. The third-order valence-corrected chi connectivity index (χ3v) is 5.17. The van der Waals surface area contributed by atoms with Crippen molar-refractivity contribution in [3.63, 3.8) is 0 Å². The molecule has 1 aliphatic rings. The zero-order valence-corrected chi connectivity index (χ0v) is 15.9. The van der Waals surface area contributed by atoms with Gasteiger partial charge in [0.1, 0.15) is 11.7 Å². The van der Waals surface area contributed by atoms with Crippen molar-refractivity contribution in [2.24, 2.45) is 5.92 Å². The number of hydrogen-bond acceptors (Lipinski definition) is 4. The Morgan fingerprint density at radius 1 is 1.28 bits per heavy atom. The lowest BCUT2D eigenvalue weighted by molar-refractivity contribution is -0.143. The molecule has 0 radical (unpaired) electrons. The van der Waals surface area contributed by atoms with E-state index in [0.29, 0.717) is 6.54 Å². The van der Waals surface area contributed by atoms with Gasteiger partial charge in [0, 0.05) is 20.6 Å². The molecule has 6 nitrogen and oxygen atoms in total. The number of amides is 3. The predicted octanol–water partition coefficient (Wildman–Crippen LogP) is 1.84. The summed E-state index contributed by atoms with van der Waals surface area (Å²) in [4.78, 5) is 40.1. The van der Waals surface area contributed by atoms with Crippen LogP contribution in [0.4, 0.5) is 0 Å². The fraction of sp³-hybridized carbons (Fsp3) is 0.500. The fourth-order valence-electron chi connectivity index (χ4n) is 2.61. The highest BCUT2D eigenvalue weighted by atomic mass is 32.2. The molecular weight excluding hydrogens is 338 g/mol. The first kappa shape index (κ1) is 19.3. The van der Waals surface area contributed by atoms with Gasteiger partial charge in [-0.05, 0) is 11.5 Å². The summed E-state index contributed by atoms with van der Waals surface area (Å²) in [6.07, 6.45) is -0.137. The summed E-state index contributed by atoms with van der Waals surface area (Å²) >= 11 is 1.29. The molecule has 3 amide bonds. The van der Waals surface area contributed by atoms with Crippen LogP contribution >= 0.6 is 11.8 Å². The lowest BCUT2D eigenvalue weighted by Crippen LogP contribution is -2.56. The van der Waals surface area contributed by atoms with Crippen LogP contribution in [0.25, 0.3) is 0 Å². The van der Waals surface area contributed by atoms with Crippen molar-refractivity contribution in [3.05, 3.63) is 35.9 Å². The molecule has 7 heteroatoms. The van der Waals surface area contributed by atoms with Gasteiger partial charge in [0.25, 0.3) is 0 Å². The number of rotatable bonds is 6. The van der Waals surface area contributed by atoms with E-state index in [1.165, 1.54) is 16.7 Å². The van der Waals surface area contributed by atoms with Crippen molar-refractivity contribution in [1.82, 2.24) is 15.1 Å². The van der Waals surface area contributed by atoms with E-state index >= 15 is 0 Å². The summed E-state index contributed by atoms with van der Waals surface area (Å²) in [6, 6.07) is 9.42. The van der Waals surface area contributed by atoms with Crippen LogP contribution in [0, 0.1) is 5.92 Å². The number of carbonyl (C=O) groups excluding carboxylic acids is 3. The number of thioether (sulfide) groups is 1. The zero-order valence-electron chi connectivity index (χ0n) is 15.1. The van der Waals surface area contributed by atoms with Gasteiger partial charge in [0.2, 0.25) is 17.7 Å². The minimum Gasteiger partial charge on any atom is -0.348 e. The Balaban J connectivity index is 2.29. The number of nitrogens with one attached hydrogen (secondary N) is 1. The van der Waals surface area contributed by atoms with Crippen LogP contribution < -0.4 is 5.32 Å². The van der Waals surface area contributed by atoms with Crippen molar-refractivity contribution >= 4 is 29.5 Å². The van der Waals surface area contributed by atoms with Gasteiger partial charge >= 0.3 is 0 Å². The third kappa shape index (κ3) is 4.98. The Morgan fingerprint density at radius 2 is 1.92 bits per heavy atom. The second-order valence-electron chi connectivity index (χ2n) is 6.70. The van der Waals surface area contributed by atoms with Crippen LogP contribution in [-0.2, 0) is 14.4 Å². The van der Waals surface area contributed by atoms with E-state index in [2.05, 4.69) is 5.32 Å². The number of carbonyl (C=O) groups is 3. The molecule has 0 aromatic heterocycles. The summed E-state index contributed by atoms with van der Waals surface area (Å²) in [5.74, 6) is -0.305. The van der Waals surface area contributed by atoms with E-state index in [9.17, 15) is 14.4 Å². The molecule has 0 unspecified atom stereocenters. The number of benzene rings is 1. The molecule has 1 aliphatic heterocycles. The molecule has 0 aliphatic carbocycles. The molecule has 136 valence electrons.